The molecule has 5 nitrogen and oxygen atoms in total. The van der Waals surface area contributed by atoms with Crippen LogP contribution in [-0.2, 0) is 25.9 Å². The number of nitrogens with zero attached hydrogens (tertiary/aromatic N) is 1. The zero-order valence-electron chi connectivity index (χ0n) is 11.6. The van der Waals surface area contributed by atoms with Crippen molar-refractivity contribution in [2.45, 2.75) is 37.7 Å². The second-order valence-corrected chi connectivity index (χ2v) is 8.81. The quantitative estimate of drug-likeness (QED) is 0.639. The van der Waals surface area contributed by atoms with E-state index in [0.717, 1.165) is 6.42 Å². The molecule has 7 heteroatoms. The molecule has 0 saturated heterocycles. The summed E-state index contributed by atoms with van der Waals surface area (Å²) in [6.07, 6.45) is 3.74. The highest BCUT2D eigenvalue weighted by Gasteiger charge is 2.52. The molecule has 0 amide bonds. The lowest BCUT2D eigenvalue weighted by molar-refractivity contribution is 0.0433. The topological polar surface area (TPSA) is 69.7 Å². The normalized spacial score (nSPS) is 27.6. The van der Waals surface area contributed by atoms with Crippen LogP contribution in [0.3, 0.4) is 0 Å². The molecule has 0 spiro atoms. The molecule has 108 valence electrons. The van der Waals surface area contributed by atoms with Crippen molar-refractivity contribution in [3.8, 4) is 0 Å². The molecule has 0 aromatic carbocycles. The molecule has 1 fully saturated rings. The lowest BCUT2D eigenvalue weighted by Gasteiger charge is -2.27. The Morgan fingerprint density at radius 1 is 1.50 bits per heavy atom. The summed E-state index contributed by atoms with van der Waals surface area (Å²) in [6, 6.07) is -0.212. The van der Waals surface area contributed by atoms with Crippen LogP contribution in [0.5, 0.6) is 0 Å². The minimum Gasteiger partial charge on any atom is -0.616 e. The van der Waals surface area contributed by atoms with Gasteiger partial charge in [0.05, 0.1) is 31.3 Å². The SMILES string of the molecule is CC(C)OCC(C1CC1[S@+](C)[O-])N(C)S(C)(=O)=O. The summed E-state index contributed by atoms with van der Waals surface area (Å²) in [5, 5.41) is 0.106. The monoisotopic (exact) mass is 297 g/mol. The summed E-state index contributed by atoms with van der Waals surface area (Å²) in [5.74, 6) is 0.148. The molecule has 0 aliphatic heterocycles. The molecular formula is C11H23NO4S2. The molecule has 0 N–H and O–H groups in total. The number of rotatable bonds is 7. The summed E-state index contributed by atoms with van der Waals surface area (Å²) in [5.41, 5.74) is 0. The maximum absolute atomic E-state index is 11.6. The Labute approximate surface area is 113 Å². The Balaban J connectivity index is 2.71. The van der Waals surface area contributed by atoms with E-state index in [2.05, 4.69) is 0 Å². The van der Waals surface area contributed by atoms with E-state index < -0.39 is 21.2 Å². The Kier molecular flexibility index (Phi) is 5.49. The molecular weight excluding hydrogens is 274 g/mol. The molecule has 18 heavy (non-hydrogen) atoms. The second kappa shape index (κ2) is 6.09. The molecule has 1 aliphatic carbocycles. The van der Waals surface area contributed by atoms with Gasteiger partial charge in [-0.3, -0.25) is 0 Å². The molecule has 0 heterocycles. The standard InChI is InChI=1S/C11H23NO4S2/c1-8(2)16-7-10(12(3)18(5,14)15)9-6-11(9)17(4)13/h8-11H,6-7H2,1-5H3/t9?,10?,11?,17-/m0/s1. The van der Waals surface area contributed by atoms with Crippen molar-refractivity contribution in [3.63, 3.8) is 0 Å². The van der Waals surface area contributed by atoms with Gasteiger partial charge in [0.2, 0.25) is 10.0 Å². The zero-order chi connectivity index (χ0) is 14.1. The van der Waals surface area contributed by atoms with Gasteiger partial charge >= 0.3 is 0 Å². The number of ether oxygens (including phenoxy) is 1. The van der Waals surface area contributed by atoms with Gasteiger partial charge in [0, 0.05) is 19.4 Å². The van der Waals surface area contributed by atoms with E-state index in [9.17, 15) is 13.0 Å². The van der Waals surface area contributed by atoms with Crippen LogP contribution in [0.1, 0.15) is 20.3 Å². The maximum atomic E-state index is 11.6. The van der Waals surface area contributed by atoms with Gasteiger partial charge in [0.15, 0.2) is 0 Å². The molecule has 0 aromatic rings. The molecule has 4 atom stereocenters. The third-order valence-corrected chi connectivity index (χ3v) is 6.00. The van der Waals surface area contributed by atoms with Crippen molar-refractivity contribution in [3.05, 3.63) is 0 Å². The fourth-order valence-electron chi connectivity index (χ4n) is 2.01. The number of hydrogen-bond acceptors (Lipinski definition) is 4. The first-order valence-corrected chi connectivity index (χ1v) is 9.48. The van der Waals surface area contributed by atoms with Gasteiger partial charge in [-0.05, 0) is 13.8 Å². The molecule has 0 aromatic heterocycles. The van der Waals surface area contributed by atoms with E-state index in [1.807, 2.05) is 13.8 Å². The van der Waals surface area contributed by atoms with E-state index in [4.69, 9.17) is 4.74 Å². The minimum absolute atomic E-state index is 0.0600. The predicted octanol–water partition coefficient (Wildman–Crippen LogP) is 0.438. The van der Waals surface area contributed by atoms with E-state index >= 15 is 0 Å². The zero-order valence-corrected chi connectivity index (χ0v) is 13.3. The first-order valence-electron chi connectivity index (χ1n) is 6.01. The van der Waals surface area contributed by atoms with Crippen molar-refractivity contribution in [1.82, 2.24) is 4.31 Å². The van der Waals surface area contributed by atoms with Crippen molar-refractivity contribution < 1.29 is 17.7 Å². The maximum Gasteiger partial charge on any atom is 0.211 e. The molecule has 0 bridgehead atoms. The highest BCUT2D eigenvalue weighted by Crippen LogP contribution is 2.41. The lowest BCUT2D eigenvalue weighted by atomic mass is 10.2. The molecule has 1 aliphatic rings. The van der Waals surface area contributed by atoms with E-state index in [1.165, 1.54) is 10.6 Å². The fraction of sp³-hybridized carbons (Fsp3) is 1.00. The van der Waals surface area contributed by atoms with Crippen LogP contribution in [-0.4, -0.2) is 60.8 Å². The van der Waals surface area contributed by atoms with Gasteiger partial charge in [-0.15, -0.1) is 0 Å². The number of hydrogen-bond donors (Lipinski definition) is 0. The van der Waals surface area contributed by atoms with Gasteiger partial charge in [0.25, 0.3) is 0 Å². The Morgan fingerprint density at radius 2 is 2.06 bits per heavy atom. The van der Waals surface area contributed by atoms with Crippen molar-refractivity contribution in [2.75, 3.05) is 26.2 Å². The first kappa shape index (κ1) is 16.2. The summed E-state index contributed by atoms with van der Waals surface area (Å²) in [7, 11) is -1.68. The van der Waals surface area contributed by atoms with Gasteiger partial charge in [-0.2, -0.15) is 4.31 Å². The Morgan fingerprint density at radius 3 is 2.39 bits per heavy atom. The van der Waals surface area contributed by atoms with Crippen LogP contribution < -0.4 is 0 Å². The van der Waals surface area contributed by atoms with Crippen LogP contribution >= 0.6 is 0 Å². The highest BCUT2D eigenvalue weighted by molar-refractivity contribution is 7.91. The van der Waals surface area contributed by atoms with Crippen molar-refractivity contribution in [2.24, 2.45) is 5.92 Å². The molecule has 1 rings (SSSR count). The van der Waals surface area contributed by atoms with Crippen LogP contribution in [0.2, 0.25) is 0 Å². The van der Waals surface area contributed by atoms with Gasteiger partial charge in [-0.25, -0.2) is 8.42 Å². The van der Waals surface area contributed by atoms with Crippen LogP contribution in [0.25, 0.3) is 0 Å². The number of sulfonamides is 1. The lowest BCUT2D eigenvalue weighted by Crippen LogP contribution is -2.42. The average molecular weight is 297 g/mol. The van der Waals surface area contributed by atoms with E-state index in [-0.39, 0.29) is 23.3 Å². The van der Waals surface area contributed by atoms with Gasteiger partial charge in [0.1, 0.15) is 5.25 Å². The van der Waals surface area contributed by atoms with Crippen LogP contribution in [0, 0.1) is 5.92 Å². The van der Waals surface area contributed by atoms with Crippen LogP contribution in [0.15, 0.2) is 0 Å². The summed E-state index contributed by atoms with van der Waals surface area (Å²) in [6.45, 7) is 4.19. The summed E-state index contributed by atoms with van der Waals surface area (Å²) < 4.78 is 41.6. The van der Waals surface area contributed by atoms with Crippen molar-refractivity contribution in [1.29, 1.82) is 0 Å². The molecule has 1 saturated carbocycles. The number of likely N-dealkylation sites (N-methyl/N-ethyl adjacent to an activating group) is 1. The fourth-order valence-corrected chi connectivity index (χ4v) is 3.89. The first-order chi connectivity index (χ1) is 8.14. The smallest absolute Gasteiger partial charge is 0.211 e. The summed E-state index contributed by atoms with van der Waals surface area (Å²) >= 11 is -0.891. The third kappa shape index (κ3) is 4.38. The largest absolute Gasteiger partial charge is 0.616 e. The van der Waals surface area contributed by atoms with Gasteiger partial charge in [-0.1, -0.05) is 11.2 Å². The Hall–Kier alpha value is 0.180. The summed E-state index contributed by atoms with van der Waals surface area (Å²) in [4.78, 5) is 0. The van der Waals surface area contributed by atoms with Crippen LogP contribution in [0.4, 0.5) is 0 Å². The van der Waals surface area contributed by atoms with E-state index in [1.54, 1.807) is 13.3 Å². The minimum atomic E-state index is -3.25. The molecule has 0 radical (unpaired) electrons. The van der Waals surface area contributed by atoms with Gasteiger partial charge < -0.3 is 9.29 Å². The highest BCUT2D eigenvalue weighted by atomic mass is 32.2. The average Bonchev–Trinajstić information content (AvgIpc) is 2.95. The van der Waals surface area contributed by atoms with E-state index in [0.29, 0.717) is 6.61 Å². The second-order valence-electron chi connectivity index (χ2n) is 5.17. The predicted molar refractivity (Wildman–Crippen MR) is 73.4 cm³/mol. The third-order valence-electron chi connectivity index (χ3n) is 3.29. The molecule has 3 unspecified atom stereocenters. The van der Waals surface area contributed by atoms with Crippen molar-refractivity contribution >= 4 is 21.2 Å². The Bertz CT molecular complexity index is 369.